The van der Waals surface area contributed by atoms with E-state index < -0.39 is 17.8 Å². The van der Waals surface area contributed by atoms with Crippen molar-refractivity contribution in [2.24, 2.45) is 11.8 Å². The molecule has 2 rings (SSSR count). The maximum atomic E-state index is 12.2. The highest BCUT2D eigenvalue weighted by atomic mass is 16.4. The van der Waals surface area contributed by atoms with Crippen LogP contribution in [0.25, 0.3) is 0 Å². The molecule has 0 aliphatic heterocycles. The van der Waals surface area contributed by atoms with Crippen molar-refractivity contribution in [1.29, 1.82) is 0 Å². The quantitative estimate of drug-likeness (QED) is 0.805. The minimum atomic E-state index is -0.908. The highest BCUT2D eigenvalue weighted by Crippen LogP contribution is 2.26. The molecule has 2 N–H and O–H groups in total. The van der Waals surface area contributed by atoms with Crippen LogP contribution < -0.4 is 5.32 Å². The molecule has 0 saturated heterocycles. The summed E-state index contributed by atoms with van der Waals surface area (Å²) in [6, 6.07) is 0. The van der Waals surface area contributed by atoms with Gasteiger partial charge in [0.1, 0.15) is 0 Å². The lowest BCUT2D eigenvalue weighted by atomic mass is 9.82. The number of carboxylic acids is 1. The third kappa shape index (κ3) is 3.32. The third-order valence-corrected chi connectivity index (χ3v) is 4.04. The second-order valence-electron chi connectivity index (χ2n) is 5.28. The number of rotatable bonds is 5. The fourth-order valence-corrected chi connectivity index (χ4v) is 2.67. The van der Waals surface area contributed by atoms with Crippen molar-refractivity contribution in [3.63, 3.8) is 0 Å². The number of carbonyl (C=O) groups is 2. The lowest BCUT2D eigenvalue weighted by Crippen LogP contribution is -2.38. The number of aromatic nitrogens is 2. The zero-order valence-corrected chi connectivity index (χ0v) is 12.4. The second-order valence-corrected chi connectivity index (χ2v) is 5.28. The van der Waals surface area contributed by atoms with E-state index >= 15 is 0 Å². The van der Waals surface area contributed by atoms with Gasteiger partial charge in [-0.15, -0.1) is 0 Å². The lowest BCUT2D eigenvalue weighted by Gasteiger charge is -2.24. The zero-order chi connectivity index (χ0) is 15.4. The molecular weight excluding hydrogens is 270 g/mol. The summed E-state index contributed by atoms with van der Waals surface area (Å²) in [5.41, 5.74) is 1.99. The largest absolute Gasteiger partial charge is 0.481 e. The van der Waals surface area contributed by atoms with Gasteiger partial charge >= 0.3 is 5.97 Å². The summed E-state index contributed by atoms with van der Waals surface area (Å²) in [5, 5.41) is 16.3. The van der Waals surface area contributed by atoms with Crippen LogP contribution in [0.3, 0.4) is 0 Å². The monoisotopic (exact) mass is 291 g/mol. The van der Waals surface area contributed by atoms with Crippen LogP contribution in [-0.4, -0.2) is 26.8 Å². The van der Waals surface area contributed by atoms with Gasteiger partial charge in [-0.3, -0.25) is 14.3 Å². The molecule has 0 aromatic carbocycles. The van der Waals surface area contributed by atoms with E-state index in [0.717, 1.165) is 17.8 Å². The summed E-state index contributed by atoms with van der Waals surface area (Å²) in [5.74, 6) is -2.23. The van der Waals surface area contributed by atoms with Crippen molar-refractivity contribution in [1.82, 2.24) is 15.1 Å². The van der Waals surface area contributed by atoms with Crippen molar-refractivity contribution >= 4 is 11.9 Å². The van der Waals surface area contributed by atoms with E-state index in [9.17, 15) is 14.7 Å². The van der Waals surface area contributed by atoms with Crippen LogP contribution in [0.15, 0.2) is 18.3 Å². The first-order chi connectivity index (χ1) is 10.0. The van der Waals surface area contributed by atoms with E-state index in [0.29, 0.717) is 19.4 Å². The molecule has 0 spiro atoms. The van der Waals surface area contributed by atoms with Crippen LogP contribution in [0.2, 0.25) is 0 Å². The highest BCUT2D eigenvalue weighted by molar-refractivity contribution is 5.85. The van der Waals surface area contributed by atoms with E-state index in [-0.39, 0.29) is 5.91 Å². The van der Waals surface area contributed by atoms with Crippen LogP contribution in [0.5, 0.6) is 0 Å². The van der Waals surface area contributed by atoms with Crippen LogP contribution in [-0.2, 0) is 22.7 Å². The fourth-order valence-electron chi connectivity index (χ4n) is 2.67. The molecule has 1 aromatic rings. The fraction of sp³-hybridized carbons (Fsp3) is 0.533. The Balaban J connectivity index is 1.99. The molecule has 1 aromatic heterocycles. The number of nitrogens with zero attached hydrogens (tertiary/aromatic N) is 2. The van der Waals surface area contributed by atoms with E-state index in [1.807, 2.05) is 30.7 Å². The first-order valence-corrected chi connectivity index (χ1v) is 7.21. The number of carboxylic acid groups (broad SMARTS) is 1. The number of aliphatic carboxylic acids is 1. The third-order valence-electron chi connectivity index (χ3n) is 4.04. The van der Waals surface area contributed by atoms with Gasteiger partial charge < -0.3 is 10.4 Å². The minimum Gasteiger partial charge on any atom is -0.481 e. The number of carbonyl (C=O) groups excluding carboxylic acids is 1. The Bertz CT molecular complexity index is 563. The normalized spacial score (nSPS) is 21.2. The summed E-state index contributed by atoms with van der Waals surface area (Å²) in [6.07, 6.45) is 6.35. The van der Waals surface area contributed by atoms with E-state index in [4.69, 9.17) is 0 Å². The molecule has 0 bridgehead atoms. The number of allylic oxidation sites excluding steroid dienone is 2. The number of aryl methyl sites for hydroxylation is 1. The van der Waals surface area contributed by atoms with E-state index in [1.54, 1.807) is 6.20 Å². The molecule has 0 saturated carbocycles. The van der Waals surface area contributed by atoms with Gasteiger partial charge in [0, 0.05) is 24.3 Å². The standard InChI is InChI=1S/C15H21N3O3/c1-3-18-10(2)11(9-17-18)8-16-14(19)12-6-4-5-7-13(12)15(20)21/h4-5,9,12-13H,3,6-8H2,1-2H3,(H,16,19)(H,20,21). The van der Waals surface area contributed by atoms with Crippen molar-refractivity contribution in [2.75, 3.05) is 0 Å². The molecule has 1 amide bonds. The molecule has 2 atom stereocenters. The Morgan fingerprint density at radius 2 is 2.05 bits per heavy atom. The maximum absolute atomic E-state index is 12.2. The Labute approximate surface area is 123 Å². The molecule has 0 radical (unpaired) electrons. The number of amides is 1. The minimum absolute atomic E-state index is 0.199. The first kappa shape index (κ1) is 15.3. The van der Waals surface area contributed by atoms with Gasteiger partial charge in [-0.2, -0.15) is 5.10 Å². The first-order valence-electron chi connectivity index (χ1n) is 7.21. The lowest BCUT2D eigenvalue weighted by molar-refractivity contribution is -0.147. The average molecular weight is 291 g/mol. The summed E-state index contributed by atoms with van der Waals surface area (Å²) in [6.45, 7) is 5.14. The van der Waals surface area contributed by atoms with Crippen molar-refractivity contribution in [3.8, 4) is 0 Å². The molecule has 21 heavy (non-hydrogen) atoms. The van der Waals surface area contributed by atoms with Gasteiger partial charge in [0.2, 0.25) is 5.91 Å². The van der Waals surface area contributed by atoms with Gasteiger partial charge in [-0.05, 0) is 26.7 Å². The Kier molecular flexibility index (Phi) is 4.77. The summed E-state index contributed by atoms with van der Waals surface area (Å²) < 4.78 is 1.87. The maximum Gasteiger partial charge on any atom is 0.307 e. The van der Waals surface area contributed by atoms with Crippen LogP contribution in [0.4, 0.5) is 0 Å². The molecule has 1 aliphatic rings. The summed E-state index contributed by atoms with van der Waals surface area (Å²) in [4.78, 5) is 23.5. The Morgan fingerprint density at radius 3 is 2.62 bits per heavy atom. The second kappa shape index (κ2) is 6.56. The molecule has 6 nitrogen and oxygen atoms in total. The van der Waals surface area contributed by atoms with Crippen molar-refractivity contribution < 1.29 is 14.7 Å². The summed E-state index contributed by atoms with van der Waals surface area (Å²) >= 11 is 0. The zero-order valence-electron chi connectivity index (χ0n) is 12.4. The predicted octanol–water partition coefficient (Wildman–Crippen LogP) is 1.49. The van der Waals surface area contributed by atoms with Gasteiger partial charge in [-0.25, -0.2) is 0 Å². The van der Waals surface area contributed by atoms with Crippen molar-refractivity contribution in [3.05, 3.63) is 29.6 Å². The van der Waals surface area contributed by atoms with Crippen LogP contribution in [0.1, 0.15) is 31.0 Å². The van der Waals surface area contributed by atoms with Crippen LogP contribution >= 0.6 is 0 Å². The van der Waals surface area contributed by atoms with Crippen molar-refractivity contribution in [2.45, 2.75) is 39.8 Å². The smallest absolute Gasteiger partial charge is 0.307 e. The SMILES string of the molecule is CCn1ncc(CNC(=O)C2CC=CCC2C(=O)O)c1C. The molecule has 2 unspecified atom stereocenters. The molecule has 114 valence electrons. The number of hydrogen-bond donors (Lipinski definition) is 2. The molecule has 0 fully saturated rings. The molecular formula is C15H21N3O3. The highest BCUT2D eigenvalue weighted by Gasteiger charge is 2.33. The molecule has 1 heterocycles. The Hall–Kier alpha value is -2.11. The molecule has 6 heteroatoms. The van der Waals surface area contributed by atoms with Crippen LogP contribution in [0, 0.1) is 18.8 Å². The average Bonchev–Trinajstić information content (AvgIpc) is 2.85. The number of nitrogens with one attached hydrogen (secondary N) is 1. The number of hydrogen-bond acceptors (Lipinski definition) is 3. The van der Waals surface area contributed by atoms with Gasteiger partial charge in [-0.1, -0.05) is 12.2 Å². The Morgan fingerprint density at radius 1 is 1.38 bits per heavy atom. The van der Waals surface area contributed by atoms with Gasteiger partial charge in [0.15, 0.2) is 0 Å². The van der Waals surface area contributed by atoms with E-state index in [2.05, 4.69) is 10.4 Å². The van der Waals surface area contributed by atoms with Gasteiger partial charge in [0.05, 0.1) is 18.0 Å². The van der Waals surface area contributed by atoms with E-state index in [1.165, 1.54) is 0 Å². The molecule has 1 aliphatic carbocycles. The summed E-state index contributed by atoms with van der Waals surface area (Å²) in [7, 11) is 0. The topological polar surface area (TPSA) is 84.2 Å². The van der Waals surface area contributed by atoms with Gasteiger partial charge in [0.25, 0.3) is 0 Å². The predicted molar refractivity (Wildman–Crippen MR) is 77.5 cm³/mol.